The van der Waals surface area contributed by atoms with E-state index in [0.29, 0.717) is 12.3 Å². The summed E-state index contributed by atoms with van der Waals surface area (Å²) in [5.41, 5.74) is 2.48. The van der Waals surface area contributed by atoms with E-state index in [2.05, 4.69) is 17.4 Å². The number of rotatable bonds is 7. The van der Waals surface area contributed by atoms with Crippen molar-refractivity contribution in [3.05, 3.63) is 53.6 Å². The number of carbonyl (C=O) groups excluding carboxylic acids is 1. The molecule has 134 valence electrons. The van der Waals surface area contributed by atoms with Crippen molar-refractivity contribution in [1.82, 2.24) is 0 Å². The van der Waals surface area contributed by atoms with Gasteiger partial charge in [0.05, 0.1) is 6.61 Å². The minimum atomic E-state index is -0.497. The average Bonchev–Trinajstić information content (AvgIpc) is 2.56. The number of benzene rings is 2. The molecule has 0 atom stereocenters. The van der Waals surface area contributed by atoms with Crippen molar-refractivity contribution >= 4 is 11.6 Å². The van der Waals surface area contributed by atoms with Crippen LogP contribution in [0.5, 0.6) is 11.5 Å². The van der Waals surface area contributed by atoms with E-state index in [1.807, 2.05) is 33.8 Å². The van der Waals surface area contributed by atoms with Crippen LogP contribution in [0.3, 0.4) is 0 Å². The maximum absolute atomic E-state index is 12.5. The van der Waals surface area contributed by atoms with Gasteiger partial charge in [-0.2, -0.15) is 0 Å². The summed E-state index contributed by atoms with van der Waals surface area (Å²) in [7, 11) is 0. The van der Waals surface area contributed by atoms with Crippen LogP contribution in [0.15, 0.2) is 42.5 Å². The molecule has 2 aromatic rings. The van der Waals surface area contributed by atoms with E-state index in [1.165, 1.54) is 5.56 Å². The lowest BCUT2D eigenvalue weighted by Gasteiger charge is -2.23. The molecule has 0 spiro atoms. The molecule has 0 saturated heterocycles. The summed E-state index contributed by atoms with van der Waals surface area (Å²) in [6.45, 7) is 8.52. The van der Waals surface area contributed by atoms with Crippen molar-refractivity contribution in [3.63, 3.8) is 0 Å². The number of carbonyl (C=O) groups is 1. The van der Waals surface area contributed by atoms with Gasteiger partial charge >= 0.3 is 0 Å². The first kappa shape index (κ1) is 18.8. The van der Waals surface area contributed by atoms with Gasteiger partial charge in [0.15, 0.2) is 0 Å². The van der Waals surface area contributed by atoms with Gasteiger partial charge < -0.3 is 15.2 Å². The summed E-state index contributed by atoms with van der Waals surface area (Å²) >= 11 is 0. The van der Waals surface area contributed by atoms with Gasteiger partial charge in [0.1, 0.15) is 11.5 Å². The van der Waals surface area contributed by atoms with E-state index in [4.69, 9.17) is 4.74 Å². The Morgan fingerprint density at radius 3 is 2.48 bits per heavy atom. The smallest absolute Gasteiger partial charge is 0.230 e. The Morgan fingerprint density at radius 1 is 1.12 bits per heavy atom. The van der Waals surface area contributed by atoms with E-state index in [9.17, 15) is 9.90 Å². The molecule has 0 unspecified atom stereocenters. The monoisotopic (exact) mass is 341 g/mol. The highest BCUT2D eigenvalue weighted by Gasteiger charge is 2.27. The first-order valence-electron chi connectivity index (χ1n) is 8.58. The van der Waals surface area contributed by atoms with Crippen LogP contribution in [0.2, 0.25) is 0 Å². The molecule has 0 fully saturated rings. The second-order valence-corrected chi connectivity index (χ2v) is 7.11. The van der Waals surface area contributed by atoms with Crippen molar-refractivity contribution in [3.8, 4) is 11.5 Å². The number of hydrogen-bond donors (Lipinski definition) is 2. The zero-order valence-electron chi connectivity index (χ0n) is 15.4. The molecule has 1 amide bonds. The van der Waals surface area contributed by atoms with E-state index in [0.717, 1.165) is 24.2 Å². The highest BCUT2D eigenvalue weighted by atomic mass is 16.5. The van der Waals surface area contributed by atoms with Crippen LogP contribution in [0, 0.1) is 19.3 Å². The minimum absolute atomic E-state index is 0.0371. The Bertz CT molecular complexity index is 720. The van der Waals surface area contributed by atoms with Crippen LogP contribution in [0.25, 0.3) is 0 Å². The number of nitrogens with one attached hydrogen (secondary N) is 1. The number of anilines is 1. The number of aryl methyl sites for hydroxylation is 2. The summed E-state index contributed by atoms with van der Waals surface area (Å²) in [6.07, 6.45) is 1.52. The second kappa shape index (κ2) is 8.06. The number of phenolic OH excluding ortho intramolecular Hbond substituents is 1. The molecule has 2 N–H and O–H groups in total. The molecule has 25 heavy (non-hydrogen) atoms. The lowest BCUT2D eigenvalue weighted by Crippen LogP contribution is -2.31. The van der Waals surface area contributed by atoms with Gasteiger partial charge in [-0.3, -0.25) is 4.79 Å². The minimum Gasteiger partial charge on any atom is -0.508 e. The van der Waals surface area contributed by atoms with Crippen LogP contribution in [0.1, 0.15) is 37.8 Å². The van der Waals surface area contributed by atoms with Gasteiger partial charge in [0.25, 0.3) is 0 Å². The molecule has 0 radical (unpaired) electrons. The summed E-state index contributed by atoms with van der Waals surface area (Å²) in [4.78, 5) is 12.5. The molecule has 0 aliphatic rings. The highest BCUT2D eigenvalue weighted by Crippen LogP contribution is 2.26. The van der Waals surface area contributed by atoms with Gasteiger partial charge in [-0.05, 0) is 68.1 Å². The van der Waals surface area contributed by atoms with Crippen molar-refractivity contribution in [2.75, 3.05) is 11.9 Å². The maximum atomic E-state index is 12.5. The molecule has 4 nitrogen and oxygen atoms in total. The highest BCUT2D eigenvalue weighted by molar-refractivity contribution is 5.94. The molecule has 0 bridgehead atoms. The van der Waals surface area contributed by atoms with E-state index >= 15 is 0 Å². The molecule has 0 saturated carbocycles. The molecule has 0 aliphatic carbocycles. The standard InChI is InChI=1S/C21H27NO3/c1-15-6-7-16(2)19(14-15)25-13-5-12-21(3,4)20(24)22-17-8-10-18(23)11-9-17/h6-11,14,23H,5,12-13H2,1-4H3,(H,22,24). The van der Waals surface area contributed by atoms with Gasteiger partial charge in [-0.15, -0.1) is 0 Å². The second-order valence-electron chi connectivity index (χ2n) is 7.11. The van der Waals surface area contributed by atoms with Crippen molar-refractivity contribution in [1.29, 1.82) is 0 Å². The van der Waals surface area contributed by atoms with Crippen LogP contribution in [0.4, 0.5) is 5.69 Å². The summed E-state index contributed by atoms with van der Waals surface area (Å²) in [6, 6.07) is 12.7. The number of hydrogen-bond acceptors (Lipinski definition) is 3. The van der Waals surface area contributed by atoms with Crippen molar-refractivity contribution < 1.29 is 14.6 Å². The molecule has 0 heterocycles. The van der Waals surface area contributed by atoms with Gasteiger partial charge in [-0.1, -0.05) is 26.0 Å². The Balaban J connectivity index is 1.82. The van der Waals surface area contributed by atoms with E-state index < -0.39 is 5.41 Å². The Labute approximate surface area is 149 Å². The Morgan fingerprint density at radius 2 is 1.80 bits per heavy atom. The van der Waals surface area contributed by atoms with Crippen LogP contribution in [-0.4, -0.2) is 17.6 Å². The van der Waals surface area contributed by atoms with Crippen LogP contribution in [-0.2, 0) is 4.79 Å². The summed E-state index contributed by atoms with van der Waals surface area (Å²) in [5.74, 6) is 1.05. The predicted octanol–water partition coefficient (Wildman–Crippen LogP) is 4.83. The third-order valence-corrected chi connectivity index (χ3v) is 4.29. The first-order valence-corrected chi connectivity index (χ1v) is 8.58. The lowest BCUT2D eigenvalue weighted by molar-refractivity contribution is -0.124. The maximum Gasteiger partial charge on any atom is 0.230 e. The summed E-state index contributed by atoms with van der Waals surface area (Å²) in [5, 5.41) is 12.2. The predicted molar refractivity (Wildman–Crippen MR) is 101 cm³/mol. The molecular formula is C21H27NO3. The van der Waals surface area contributed by atoms with Crippen LogP contribution < -0.4 is 10.1 Å². The van der Waals surface area contributed by atoms with Crippen molar-refractivity contribution in [2.45, 2.75) is 40.5 Å². The fourth-order valence-corrected chi connectivity index (χ4v) is 2.52. The fourth-order valence-electron chi connectivity index (χ4n) is 2.52. The third kappa shape index (κ3) is 5.52. The quantitative estimate of drug-likeness (QED) is 0.560. The molecule has 4 heteroatoms. The largest absolute Gasteiger partial charge is 0.508 e. The summed E-state index contributed by atoms with van der Waals surface area (Å²) < 4.78 is 5.86. The SMILES string of the molecule is Cc1ccc(C)c(OCCCC(C)(C)C(=O)Nc2ccc(O)cc2)c1. The fraction of sp³-hybridized carbons (Fsp3) is 0.381. The normalized spacial score (nSPS) is 11.2. The van der Waals surface area contributed by atoms with Gasteiger partial charge in [-0.25, -0.2) is 0 Å². The third-order valence-electron chi connectivity index (χ3n) is 4.29. The van der Waals surface area contributed by atoms with Gasteiger partial charge in [0, 0.05) is 11.1 Å². The van der Waals surface area contributed by atoms with Gasteiger partial charge in [0.2, 0.25) is 5.91 Å². The molecule has 0 aromatic heterocycles. The zero-order valence-corrected chi connectivity index (χ0v) is 15.4. The lowest BCUT2D eigenvalue weighted by atomic mass is 9.87. The van der Waals surface area contributed by atoms with E-state index in [-0.39, 0.29) is 11.7 Å². The number of ether oxygens (including phenoxy) is 1. The Hall–Kier alpha value is -2.49. The molecular weight excluding hydrogens is 314 g/mol. The Kier molecular flexibility index (Phi) is 6.07. The number of aromatic hydroxyl groups is 1. The number of amides is 1. The number of phenols is 1. The topological polar surface area (TPSA) is 58.6 Å². The van der Waals surface area contributed by atoms with Crippen LogP contribution >= 0.6 is 0 Å². The molecule has 2 rings (SSSR count). The zero-order chi connectivity index (χ0) is 18.4. The average molecular weight is 341 g/mol. The van der Waals surface area contributed by atoms with E-state index in [1.54, 1.807) is 24.3 Å². The van der Waals surface area contributed by atoms with Crippen molar-refractivity contribution in [2.24, 2.45) is 5.41 Å². The molecule has 2 aromatic carbocycles. The first-order chi connectivity index (χ1) is 11.8. The molecule has 0 aliphatic heterocycles.